The van der Waals surface area contributed by atoms with Crippen LogP contribution in [0.15, 0.2) is 0 Å². The van der Waals surface area contributed by atoms with Crippen molar-refractivity contribution in [3.63, 3.8) is 0 Å². The molecule has 0 radical (unpaired) electrons. The molecule has 0 unspecified atom stereocenters. The summed E-state index contributed by atoms with van der Waals surface area (Å²) in [6.45, 7) is 1.30. The van der Waals surface area contributed by atoms with Gasteiger partial charge in [0.1, 0.15) is 0 Å². The molecule has 1 aromatic heterocycles. The maximum atomic E-state index is 10.7. The molecule has 0 aliphatic heterocycles. The molecule has 16 heavy (non-hydrogen) atoms. The number of hydrogen-bond acceptors (Lipinski definition) is 5. The van der Waals surface area contributed by atoms with Crippen LogP contribution in [0.4, 0.5) is 0 Å². The van der Waals surface area contributed by atoms with Crippen LogP contribution in [-0.2, 0) is 18.4 Å². The molecule has 0 spiro atoms. The zero-order chi connectivity index (χ0) is 11.5. The fraction of sp³-hybridized carbons (Fsp3) is 0.778. The molecule has 1 fully saturated rings. The fourth-order valence-electron chi connectivity index (χ4n) is 1.63. The van der Waals surface area contributed by atoms with E-state index in [1.54, 1.807) is 7.05 Å². The van der Waals surface area contributed by atoms with Gasteiger partial charge in [-0.2, -0.15) is 4.80 Å². The highest BCUT2D eigenvalue weighted by atomic mass is 16.4. The Labute approximate surface area is 93.0 Å². The number of tetrazole rings is 1. The third-order valence-electron chi connectivity index (χ3n) is 2.49. The third-order valence-corrected chi connectivity index (χ3v) is 2.49. The van der Waals surface area contributed by atoms with Crippen LogP contribution in [-0.4, -0.2) is 49.3 Å². The van der Waals surface area contributed by atoms with Gasteiger partial charge in [0.05, 0.1) is 20.1 Å². The maximum absolute atomic E-state index is 10.7. The molecule has 7 nitrogen and oxygen atoms in total. The molecule has 88 valence electrons. The van der Waals surface area contributed by atoms with E-state index in [9.17, 15) is 4.79 Å². The van der Waals surface area contributed by atoms with Crippen molar-refractivity contribution in [3.8, 4) is 0 Å². The first-order valence-corrected chi connectivity index (χ1v) is 5.30. The second-order valence-electron chi connectivity index (χ2n) is 4.20. The molecule has 1 aliphatic carbocycles. The van der Waals surface area contributed by atoms with Gasteiger partial charge in [0.2, 0.25) is 0 Å². The minimum Gasteiger partial charge on any atom is -0.480 e. The van der Waals surface area contributed by atoms with Crippen LogP contribution in [0, 0.1) is 5.92 Å². The van der Waals surface area contributed by atoms with E-state index in [4.69, 9.17) is 5.11 Å². The Hall–Kier alpha value is -1.50. The second-order valence-corrected chi connectivity index (χ2v) is 4.20. The molecule has 1 saturated carbocycles. The van der Waals surface area contributed by atoms with Gasteiger partial charge in [0.25, 0.3) is 0 Å². The molecule has 0 aromatic carbocycles. The minimum atomic E-state index is -0.815. The van der Waals surface area contributed by atoms with Crippen molar-refractivity contribution in [1.82, 2.24) is 25.1 Å². The lowest BCUT2D eigenvalue weighted by atomic mass is 10.3. The first-order valence-electron chi connectivity index (χ1n) is 5.30. The number of aryl methyl sites for hydroxylation is 1. The van der Waals surface area contributed by atoms with Crippen molar-refractivity contribution in [2.45, 2.75) is 19.4 Å². The average Bonchev–Trinajstić information content (AvgIpc) is 2.89. The zero-order valence-electron chi connectivity index (χ0n) is 9.20. The van der Waals surface area contributed by atoms with E-state index < -0.39 is 5.97 Å². The predicted molar refractivity (Wildman–Crippen MR) is 54.4 cm³/mol. The van der Waals surface area contributed by atoms with Crippen molar-refractivity contribution >= 4 is 5.97 Å². The molecule has 7 heteroatoms. The summed E-state index contributed by atoms with van der Waals surface area (Å²) in [5, 5.41) is 20.4. The lowest BCUT2D eigenvalue weighted by Crippen LogP contribution is -2.31. The van der Waals surface area contributed by atoms with Gasteiger partial charge < -0.3 is 5.11 Å². The number of carbonyl (C=O) groups is 1. The Morgan fingerprint density at radius 1 is 1.62 bits per heavy atom. The highest BCUT2D eigenvalue weighted by Gasteiger charge is 2.25. The second kappa shape index (κ2) is 4.56. The molecule has 2 rings (SSSR count). The number of rotatable bonds is 6. The lowest BCUT2D eigenvalue weighted by molar-refractivity contribution is -0.138. The van der Waals surface area contributed by atoms with Gasteiger partial charge in [-0.05, 0) is 24.0 Å². The lowest BCUT2D eigenvalue weighted by Gasteiger charge is -2.17. The maximum Gasteiger partial charge on any atom is 0.317 e. The average molecular weight is 225 g/mol. The largest absolute Gasteiger partial charge is 0.480 e. The Morgan fingerprint density at radius 3 is 2.88 bits per heavy atom. The van der Waals surface area contributed by atoms with Crippen LogP contribution in [0.1, 0.15) is 18.7 Å². The van der Waals surface area contributed by atoms with Crippen LogP contribution >= 0.6 is 0 Å². The molecule has 0 saturated heterocycles. The topological polar surface area (TPSA) is 84.1 Å². The monoisotopic (exact) mass is 225 g/mol. The van der Waals surface area contributed by atoms with E-state index in [1.807, 2.05) is 4.90 Å². The molecule has 0 atom stereocenters. The minimum absolute atomic E-state index is 0.0365. The SMILES string of the molecule is Cn1nnc(CN(CC(=O)O)CC2CC2)n1. The van der Waals surface area contributed by atoms with Gasteiger partial charge in [0, 0.05) is 6.54 Å². The number of nitrogens with zero attached hydrogens (tertiary/aromatic N) is 5. The molecular formula is C9H15N5O2. The van der Waals surface area contributed by atoms with Crippen LogP contribution in [0.5, 0.6) is 0 Å². The van der Waals surface area contributed by atoms with E-state index in [0.29, 0.717) is 18.3 Å². The summed E-state index contributed by atoms with van der Waals surface area (Å²) in [5.41, 5.74) is 0. The molecule has 1 heterocycles. The summed E-state index contributed by atoms with van der Waals surface area (Å²) in [4.78, 5) is 13.9. The Balaban J connectivity index is 1.91. The molecular weight excluding hydrogens is 210 g/mol. The van der Waals surface area contributed by atoms with Gasteiger partial charge in [-0.3, -0.25) is 9.69 Å². The normalized spacial score (nSPS) is 15.6. The number of aliphatic carboxylic acids is 1. The highest BCUT2D eigenvalue weighted by Crippen LogP contribution is 2.29. The fourth-order valence-corrected chi connectivity index (χ4v) is 1.63. The molecule has 0 bridgehead atoms. The van der Waals surface area contributed by atoms with Gasteiger partial charge in [0.15, 0.2) is 5.82 Å². The number of carboxylic acids is 1. The van der Waals surface area contributed by atoms with Gasteiger partial charge in [-0.15, -0.1) is 10.2 Å². The van der Waals surface area contributed by atoms with E-state index in [0.717, 1.165) is 6.54 Å². The summed E-state index contributed by atoms with van der Waals surface area (Å²) in [5.74, 6) is 0.407. The Morgan fingerprint density at radius 2 is 2.38 bits per heavy atom. The van der Waals surface area contributed by atoms with Crippen molar-refractivity contribution in [1.29, 1.82) is 0 Å². The molecule has 1 aliphatic rings. The highest BCUT2D eigenvalue weighted by molar-refractivity contribution is 5.69. The van der Waals surface area contributed by atoms with Gasteiger partial charge in [-0.25, -0.2) is 0 Å². The van der Waals surface area contributed by atoms with Crippen molar-refractivity contribution < 1.29 is 9.90 Å². The Bertz CT molecular complexity index is 374. The summed E-state index contributed by atoms with van der Waals surface area (Å²) >= 11 is 0. The van der Waals surface area contributed by atoms with E-state index in [1.165, 1.54) is 17.6 Å². The number of hydrogen-bond donors (Lipinski definition) is 1. The smallest absolute Gasteiger partial charge is 0.317 e. The van der Waals surface area contributed by atoms with Crippen LogP contribution in [0.25, 0.3) is 0 Å². The summed E-state index contributed by atoms with van der Waals surface area (Å²) in [6, 6.07) is 0. The first kappa shape index (κ1) is 11.0. The number of carboxylic acid groups (broad SMARTS) is 1. The summed E-state index contributed by atoms with van der Waals surface area (Å²) in [7, 11) is 1.69. The molecule has 1 N–H and O–H groups in total. The van der Waals surface area contributed by atoms with E-state index in [-0.39, 0.29) is 6.54 Å². The van der Waals surface area contributed by atoms with E-state index >= 15 is 0 Å². The molecule has 1 aromatic rings. The number of aromatic nitrogens is 4. The summed E-state index contributed by atoms with van der Waals surface area (Å²) in [6.07, 6.45) is 2.40. The summed E-state index contributed by atoms with van der Waals surface area (Å²) < 4.78 is 0. The van der Waals surface area contributed by atoms with Crippen LogP contribution in [0.2, 0.25) is 0 Å². The first-order chi connectivity index (χ1) is 7.63. The van der Waals surface area contributed by atoms with Crippen molar-refractivity contribution in [2.75, 3.05) is 13.1 Å². The quantitative estimate of drug-likeness (QED) is 0.703. The van der Waals surface area contributed by atoms with Crippen LogP contribution < -0.4 is 0 Å². The third kappa shape index (κ3) is 3.27. The standard InChI is InChI=1S/C9H15N5O2/c1-13-11-8(10-12-13)5-14(6-9(15)16)4-7-2-3-7/h7H,2-6H2,1H3,(H,15,16). The molecule has 0 amide bonds. The Kier molecular flexibility index (Phi) is 3.14. The van der Waals surface area contributed by atoms with Crippen LogP contribution in [0.3, 0.4) is 0 Å². The van der Waals surface area contributed by atoms with E-state index in [2.05, 4.69) is 15.4 Å². The predicted octanol–water partition coefficient (Wildman–Crippen LogP) is -0.493. The zero-order valence-corrected chi connectivity index (χ0v) is 9.20. The van der Waals surface area contributed by atoms with Crippen molar-refractivity contribution in [2.24, 2.45) is 13.0 Å². The van der Waals surface area contributed by atoms with Gasteiger partial charge >= 0.3 is 5.97 Å². The van der Waals surface area contributed by atoms with Gasteiger partial charge in [-0.1, -0.05) is 0 Å². The van der Waals surface area contributed by atoms with Crippen molar-refractivity contribution in [3.05, 3.63) is 5.82 Å².